The molecule has 1 aliphatic heterocycles. The SMILES string of the molecule is CCCCCOc1ccc(/C(O)=C2\C(=O)C(=O)N(Cc3cccnc3)C2c2ccc(Cl)cc2)cc1. The molecule has 1 unspecified atom stereocenters. The molecule has 1 aliphatic rings. The molecule has 1 saturated heterocycles. The minimum absolute atomic E-state index is 0.0397. The first kappa shape index (κ1) is 24.5. The number of carbonyl (C=O) groups is 2. The minimum atomic E-state index is -0.766. The molecule has 35 heavy (non-hydrogen) atoms. The number of aliphatic hydroxyl groups is 1. The standard InChI is InChI=1S/C28H27ClN2O4/c1-2-3-4-16-35-23-13-9-21(10-14-23)26(32)24-25(20-7-11-22(29)12-8-20)31(28(34)27(24)33)18-19-6-5-15-30-17-19/h5-15,17,25,32H,2-4,16,18H2,1H3/b26-24+. The molecule has 0 spiro atoms. The van der Waals surface area contributed by atoms with Gasteiger partial charge in [-0.25, -0.2) is 0 Å². The van der Waals surface area contributed by atoms with Crippen molar-refractivity contribution in [2.75, 3.05) is 6.61 Å². The predicted octanol–water partition coefficient (Wildman–Crippen LogP) is 5.93. The van der Waals surface area contributed by atoms with Crippen LogP contribution in [-0.2, 0) is 16.1 Å². The number of carbonyl (C=O) groups excluding carboxylic acids is 2. The maximum absolute atomic E-state index is 13.2. The number of ketones is 1. The molecular weight excluding hydrogens is 464 g/mol. The molecule has 3 aromatic rings. The maximum atomic E-state index is 13.2. The molecule has 1 atom stereocenters. The highest BCUT2D eigenvalue weighted by Gasteiger charge is 2.46. The zero-order valence-electron chi connectivity index (χ0n) is 19.5. The molecule has 2 aromatic carbocycles. The van der Waals surface area contributed by atoms with Crippen LogP contribution in [0, 0.1) is 0 Å². The number of ether oxygens (including phenoxy) is 1. The average molecular weight is 491 g/mol. The van der Waals surface area contributed by atoms with Gasteiger partial charge in [0.25, 0.3) is 11.7 Å². The van der Waals surface area contributed by atoms with Crippen molar-refractivity contribution >= 4 is 29.1 Å². The molecule has 0 saturated carbocycles. The second kappa shape index (κ2) is 11.2. The van der Waals surface area contributed by atoms with Gasteiger partial charge < -0.3 is 14.7 Å². The number of hydrogen-bond donors (Lipinski definition) is 1. The Bertz CT molecular complexity index is 1210. The number of aliphatic hydroxyl groups excluding tert-OH is 1. The number of rotatable bonds is 9. The van der Waals surface area contributed by atoms with Crippen LogP contribution in [0.15, 0.2) is 78.6 Å². The Morgan fingerprint density at radius 3 is 2.46 bits per heavy atom. The van der Waals surface area contributed by atoms with E-state index in [4.69, 9.17) is 16.3 Å². The predicted molar refractivity (Wildman–Crippen MR) is 135 cm³/mol. The van der Waals surface area contributed by atoms with Crippen molar-refractivity contribution in [1.82, 2.24) is 9.88 Å². The number of likely N-dealkylation sites (tertiary alicyclic amines) is 1. The van der Waals surface area contributed by atoms with Crippen molar-refractivity contribution in [2.45, 2.75) is 38.8 Å². The second-order valence-electron chi connectivity index (χ2n) is 8.42. The number of benzene rings is 2. The molecule has 0 aliphatic carbocycles. The van der Waals surface area contributed by atoms with Crippen molar-refractivity contribution in [2.24, 2.45) is 0 Å². The third-order valence-electron chi connectivity index (χ3n) is 5.95. The van der Waals surface area contributed by atoms with Crippen LogP contribution >= 0.6 is 11.6 Å². The smallest absolute Gasteiger partial charge is 0.295 e. The lowest BCUT2D eigenvalue weighted by Crippen LogP contribution is -2.29. The fourth-order valence-corrected chi connectivity index (χ4v) is 4.26. The number of hydrogen-bond acceptors (Lipinski definition) is 5. The van der Waals surface area contributed by atoms with Crippen molar-refractivity contribution in [1.29, 1.82) is 0 Å². The van der Waals surface area contributed by atoms with Crippen LogP contribution in [0.25, 0.3) is 5.76 Å². The van der Waals surface area contributed by atoms with E-state index < -0.39 is 17.7 Å². The molecule has 6 nitrogen and oxygen atoms in total. The second-order valence-corrected chi connectivity index (χ2v) is 8.86. The van der Waals surface area contributed by atoms with Crippen LogP contribution in [0.3, 0.4) is 0 Å². The number of unbranched alkanes of at least 4 members (excludes halogenated alkanes) is 2. The fraction of sp³-hybridized carbons (Fsp3) is 0.250. The summed E-state index contributed by atoms with van der Waals surface area (Å²) >= 11 is 6.08. The monoisotopic (exact) mass is 490 g/mol. The van der Waals surface area contributed by atoms with Gasteiger partial charge >= 0.3 is 0 Å². The summed E-state index contributed by atoms with van der Waals surface area (Å²) in [7, 11) is 0. The highest BCUT2D eigenvalue weighted by Crippen LogP contribution is 2.40. The molecule has 1 amide bonds. The van der Waals surface area contributed by atoms with Crippen molar-refractivity contribution < 1.29 is 19.4 Å². The van der Waals surface area contributed by atoms with E-state index in [9.17, 15) is 14.7 Å². The Labute approximate surface area is 209 Å². The van der Waals surface area contributed by atoms with Gasteiger partial charge in [0.15, 0.2) is 0 Å². The summed E-state index contributed by atoms with van der Waals surface area (Å²) in [4.78, 5) is 31.8. The molecule has 1 aromatic heterocycles. The van der Waals surface area contributed by atoms with Crippen molar-refractivity contribution in [3.05, 3.63) is 100 Å². The minimum Gasteiger partial charge on any atom is -0.507 e. The van der Waals surface area contributed by atoms with Crippen LogP contribution in [0.2, 0.25) is 5.02 Å². The molecular formula is C28H27ClN2O4. The van der Waals surface area contributed by atoms with Crippen molar-refractivity contribution in [3.8, 4) is 5.75 Å². The van der Waals surface area contributed by atoms with Gasteiger partial charge in [-0.1, -0.05) is 49.6 Å². The number of Topliss-reactive ketones (excluding diaryl/α,β-unsaturated/α-hetero) is 1. The molecule has 0 bridgehead atoms. The van der Waals surface area contributed by atoms with Gasteiger partial charge in [-0.3, -0.25) is 14.6 Å². The Hall–Kier alpha value is -3.64. The third kappa shape index (κ3) is 5.54. The largest absolute Gasteiger partial charge is 0.507 e. The summed E-state index contributed by atoms with van der Waals surface area (Å²) in [6.45, 7) is 2.93. The van der Waals surface area contributed by atoms with Gasteiger partial charge in [0.2, 0.25) is 0 Å². The Kier molecular flexibility index (Phi) is 7.83. The van der Waals surface area contributed by atoms with Gasteiger partial charge in [0.1, 0.15) is 11.5 Å². The Morgan fingerprint density at radius 1 is 1.06 bits per heavy atom. The Morgan fingerprint density at radius 2 is 1.80 bits per heavy atom. The van der Waals surface area contributed by atoms with E-state index in [1.807, 2.05) is 6.07 Å². The van der Waals surface area contributed by atoms with E-state index in [0.29, 0.717) is 28.5 Å². The number of halogens is 1. The van der Waals surface area contributed by atoms with Gasteiger partial charge in [-0.15, -0.1) is 0 Å². The summed E-state index contributed by atoms with van der Waals surface area (Å²) in [5, 5.41) is 11.8. The summed E-state index contributed by atoms with van der Waals surface area (Å²) < 4.78 is 5.75. The first-order valence-electron chi connectivity index (χ1n) is 11.7. The quantitative estimate of drug-likeness (QED) is 0.174. The molecule has 0 radical (unpaired) electrons. The fourth-order valence-electron chi connectivity index (χ4n) is 4.13. The van der Waals surface area contributed by atoms with E-state index >= 15 is 0 Å². The molecule has 7 heteroatoms. The summed E-state index contributed by atoms with van der Waals surface area (Å²) in [6, 6.07) is 16.7. The number of aromatic nitrogens is 1. The molecule has 180 valence electrons. The third-order valence-corrected chi connectivity index (χ3v) is 6.20. The zero-order valence-corrected chi connectivity index (χ0v) is 20.2. The summed E-state index contributed by atoms with van der Waals surface area (Å²) in [5.41, 5.74) is 1.93. The highest BCUT2D eigenvalue weighted by molar-refractivity contribution is 6.46. The van der Waals surface area contributed by atoms with E-state index in [0.717, 1.165) is 24.8 Å². The zero-order chi connectivity index (χ0) is 24.8. The lowest BCUT2D eigenvalue weighted by Gasteiger charge is -2.25. The highest BCUT2D eigenvalue weighted by atomic mass is 35.5. The summed E-state index contributed by atoms with van der Waals surface area (Å²) in [6.07, 6.45) is 6.48. The topological polar surface area (TPSA) is 79.7 Å². The lowest BCUT2D eigenvalue weighted by atomic mass is 9.95. The van der Waals surface area contributed by atoms with Crippen LogP contribution < -0.4 is 4.74 Å². The van der Waals surface area contributed by atoms with E-state index in [2.05, 4.69) is 11.9 Å². The molecule has 2 heterocycles. The first-order chi connectivity index (χ1) is 17.0. The normalized spacial score (nSPS) is 17.1. The number of pyridine rings is 1. The van der Waals surface area contributed by atoms with E-state index in [1.165, 1.54) is 4.90 Å². The van der Waals surface area contributed by atoms with Crippen LogP contribution in [0.1, 0.15) is 48.9 Å². The first-order valence-corrected chi connectivity index (χ1v) is 12.0. The van der Waals surface area contributed by atoms with Gasteiger partial charge in [0, 0.05) is 29.5 Å². The molecule has 1 N–H and O–H groups in total. The lowest BCUT2D eigenvalue weighted by molar-refractivity contribution is -0.140. The van der Waals surface area contributed by atoms with Gasteiger partial charge in [-0.2, -0.15) is 0 Å². The molecule has 4 rings (SSSR count). The average Bonchev–Trinajstić information content (AvgIpc) is 3.12. The van der Waals surface area contributed by atoms with E-state index in [-0.39, 0.29) is 17.9 Å². The van der Waals surface area contributed by atoms with Crippen LogP contribution in [-0.4, -0.2) is 33.3 Å². The Balaban J connectivity index is 1.69. The summed E-state index contributed by atoms with van der Waals surface area (Å²) in [5.74, 6) is -0.948. The van der Waals surface area contributed by atoms with Crippen LogP contribution in [0.5, 0.6) is 5.75 Å². The van der Waals surface area contributed by atoms with E-state index in [1.54, 1.807) is 67.0 Å². The number of amides is 1. The van der Waals surface area contributed by atoms with Crippen LogP contribution in [0.4, 0.5) is 0 Å². The number of nitrogens with zero attached hydrogens (tertiary/aromatic N) is 2. The maximum Gasteiger partial charge on any atom is 0.295 e. The molecule has 1 fully saturated rings. The van der Waals surface area contributed by atoms with Gasteiger partial charge in [0.05, 0.1) is 18.2 Å². The van der Waals surface area contributed by atoms with Crippen molar-refractivity contribution in [3.63, 3.8) is 0 Å². The van der Waals surface area contributed by atoms with Gasteiger partial charge in [-0.05, 0) is 60.0 Å².